The zero-order valence-electron chi connectivity index (χ0n) is 11.1. The maximum atomic E-state index is 4.35. The number of rotatable bonds is 4. The molecular formula is C16H20N2S. The lowest BCUT2D eigenvalue weighted by molar-refractivity contribution is 0.598. The van der Waals surface area contributed by atoms with Crippen molar-refractivity contribution in [2.45, 2.75) is 31.1 Å². The average Bonchev–Trinajstić information content (AvgIpc) is 2.48. The van der Waals surface area contributed by atoms with Gasteiger partial charge in [-0.3, -0.25) is 4.98 Å². The highest BCUT2D eigenvalue weighted by molar-refractivity contribution is 7.99. The molecule has 0 aliphatic carbocycles. The van der Waals surface area contributed by atoms with Crippen LogP contribution in [0.5, 0.6) is 0 Å². The van der Waals surface area contributed by atoms with E-state index in [1.807, 2.05) is 12.3 Å². The number of hydrogen-bond acceptors (Lipinski definition) is 3. The van der Waals surface area contributed by atoms with Crippen LogP contribution >= 0.6 is 11.8 Å². The predicted octanol–water partition coefficient (Wildman–Crippen LogP) is 3.61. The van der Waals surface area contributed by atoms with Gasteiger partial charge in [-0.05, 0) is 42.4 Å². The molecule has 1 saturated heterocycles. The highest BCUT2D eigenvalue weighted by atomic mass is 32.2. The molecule has 2 aromatic rings. The molecule has 0 amide bonds. The molecule has 1 aliphatic heterocycles. The molecule has 2 heterocycles. The molecule has 1 atom stereocenters. The van der Waals surface area contributed by atoms with Gasteiger partial charge in [-0.15, -0.1) is 0 Å². The maximum absolute atomic E-state index is 4.35. The van der Waals surface area contributed by atoms with Crippen molar-refractivity contribution in [1.29, 1.82) is 0 Å². The molecule has 1 unspecified atom stereocenters. The van der Waals surface area contributed by atoms with Crippen LogP contribution < -0.4 is 5.32 Å². The minimum Gasteiger partial charge on any atom is -0.312 e. The third-order valence-corrected chi connectivity index (χ3v) is 5.04. The second-order valence-corrected chi connectivity index (χ2v) is 6.56. The van der Waals surface area contributed by atoms with Crippen molar-refractivity contribution >= 4 is 22.7 Å². The standard InChI is InChI=1S/C16H20N2S/c1-2-9-19-15(5-1)12-17-11-13-6-7-16-14(10-13)4-3-8-18-16/h3-4,6-8,10,15,17H,1-2,5,9,11-12H2. The highest BCUT2D eigenvalue weighted by Crippen LogP contribution is 2.24. The monoisotopic (exact) mass is 272 g/mol. The molecule has 2 nitrogen and oxygen atoms in total. The van der Waals surface area contributed by atoms with Gasteiger partial charge in [0.2, 0.25) is 0 Å². The molecule has 1 aliphatic rings. The molecule has 0 radical (unpaired) electrons. The summed E-state index contributed by atoms with van der Waals surface area (Å²) < 4.78 is 0. The first-order chi connectivity index (χ1) is 9.42. The number of fused-ring (bicyclic) bond motifs is 1. The summed E-state index contributed by atoms with van der Waals surface area (Å²) in [6.45, 7) is 2.09. The number of aromatic nitrogens is 1. The van der Waals surface area contributed by atoms with Gasteiger partial charge in [0.1, 0.15) is 0 Å². The Morgan fingerprint density at radius 3 is 3.16 bits per heavy atom. The number of pyridine rings is 1. The molecule has 0 bridgehead atoms. The Labute approximate surface area is 119 Å². The van der Waals surface area contributed by atoms with Gasteiger partial charge in [0.15, 0.2) is 0 Å². The van der Waals surface area contributed by atoms with Crippen LogP contribution in [0.1, 0.15) is 24.8 Å². The Hall–Kier alpha value is -1.06. The molecule has 0 saturated carbocycles. The third-order valence-electron chi connectivity index (χ3n) is 3.64. The number of nitrogens with zero attached hydrogens (tertiary/aromatic N) is 1. The quantitative estimate of drug-likeness (QED) is 0.920. The fraction of sp³-hybridized carbons (Fsp3) is 0.438. The third kappa shape index (κ3) is 3.48. The molecular weight excluding hydrogens is 252 g/mol. The second kappa shape index (κ2) is 6.40. The zero-order chi connectivity index (χ0) is 12.9. The van der Waals surface area contributed by atoms with Gasteiger partial charge >= 0.3 is 0 Å². The van der Waals surface area contributed by atoms with E-state index in [4.69, 9.17) is 0 Å². The lowest BCUT2D eigenvalue weighted by atomic mass is 10.1. The average molecular weight is 272 g/mol. The van der Waals surface area contributed by atoms with Crippen LogP contribution in [-0.2, 0) is 6.54 Å². The number of hydrogen-bond donors (Lipinski definition) is 1. The van der Waals surface area contributed by atoms with E-state index in [2.05, 4.69) is 46.3 Å². The van der Waals surface area contributed by atoms with E-state index in [0.717, 1.165) is 23.9 Å². The van der Waals surface area contributed by atoms with Crippen molar-refractivity contribution in [2.24, 2.45) is 0 Å². The summed E-state index contributed by atoms with van der Waals surface area (Å²) in [5, 5.41) is 5.64. The molecule has 3 heteroatoms. The summed E-state index contributed by atoms with van der Waals surface area (Å²) in [6, 6.07) is 10.7. The van der Waals surface area contributed by atoms with Gasteiger partial charge in [-0.2, -0.15) is 11.8 Å². The first-order valence-corrected chi connectivity index (χ1v) is 8.13. The van der Waals surface area contributed by atoms with Gasteiger partial charge in [0.05, 0.1) is 5.52 Å². The fourth-order valence-electron chi connectivity index (χ4n) is 2.58. The molecule has 1 aromatic heterocycles. The van der Waals surface area contributed by atoms with E-state index in [1.54, 1.807) is 0 Å². The van der Waals surface area contributed by atoms with Crippen LogP contribution in [0.25, 0.3) is 10.9 Å². The van der Waals surface area contributed by atoms with Crippen molar-refractivity contribution < 1.29 is 0 Å². The normalized spacial score (nSPS) is 19.7. The van der Waals surface area contributed by atoms with Crippen molar-refractivity contribution in [3.63, 3.8) is 0 Å². The predicted molar refractivity (Wildman–Crippen MR) is 83.5 cm³/mol. The Balaban J connectivity index is 1.56. The molecule has 0 spiro atoms. The lowest BCUT2D eigenvalue weighted by Crippen LogP contribution is -2.26. The number of thioether (sulfide) groups is 1. The second-order valence-electron chi connectivity index (χ2n) is 5.15. The van der Waals surface area contributed by atoms with Gasteiger partial charge < -0.3 is 5.32 Å². The van der Waals surface area contributed by atoms with Crippen molar-refractivity contribution in [2.75, 3.05) is 12.3 Å². The summed E-state index contributed by atoms with van der Waals surface area (Å²) in [7, 11) is 0. The Bertz CT molecular complexity index is 535. The molecule has 3 rings (SSSR count). The topological polar surface area (TPSA) is 24.9 Å². The first-order valence-electron chi connectivity index (χ1n) is 7.08. The van der Waals surface area contributed by atoms with Crippen molar-refractivity contribution in [3.05, 3.63) is 42.1 Å². The Kier molecular flexibility index (Phi) is 4.36. The minimum absolute atomic E-state index is 0.816. The summed E-state index contributed by atoms with van der Waals surface area (Å²) >= 11 is 2.13. The van der Waals surface area contributed by atoms with Crippen LogP contribution in [-0.4, -0.2) is 22.5 Å². The largest absolute Gasteiger partial charge is 0.312 e. The van der Waals surface area contributed by atoms with Crippen molar-refractivity contribution in [3.8, 4) is 0 Å². The zero-order valence-corrected chi connectivity index (χ0v) is 12.0. The smallest absolute Gasteiger partial charge is 0.0702 e. The van der Waals surface area contributed by atoms with Gasteiger partial charge in [-0.1, -0.05) is 18.6 Å². The van der Waals surface area contributed by atoms with Crippen LogP contribution in [0.2, 0.25) is 0 Å². The number of benzene rings is 1. The minimum atomic E-state index is 0.816. The number of nitrogens with one attached hydrogen (secondary N) is 1. The Morgan fingerprint density at radius 1 is 1.26 bits per heavy atom. The summed E-state index contributed by atoms with van der Waals surface area (Å²) in [5.74, 6) is 1.34. The summed E-state index contributed by atoms with van der Waals surface area (Å²) in [4.78, 5) is 4.35. The summed E-state index contributed by atoms with van der Waals surface area (Å²) in [6.07, 6.45) is 6.03. The molecule has 100 valence electrons. The van der Waals surface area contributed by atoms with Gasteiger partial charge in [0, 0.05) is 29.9 Å². The van der Waals surface area contributed by atoms with Crippen LogP contribution in [0.3, 0.4) is 0 Å². The van der Waals surface area contributed by atoms with Crippen LogP contribution in [0.15, 0.2) is 36.5 Å². The SMILES string of the molecule is c1cnc2ccc(CNCC3CCCCS3)cc2c1. The van der Waals surface area contributed by atoms with Crippen LogP contribution in [0, 0.1) is 0 Å². The summed E-state index contributed by atoms with van der Waals surface area (Å²) in [5.41, 5.74) is 2.43. The molecule has 19 heavy (non-hydrogen) atoms. The van der Waals surface area contributed by atoms with Crippen molar-refractivity contribution in [1.82, 2.24) is 10.3 Å². The first kappa shape index (κ1) is 12.9. The van der Waals surface area contributed by atoms with Crippen LogP contribution in [0.4, 0.5) is 0 Å². The Morgan fingerprint density at radius 2 is 2.26 bits per heavy atom. The van der Waals surface area contributed by atoms with E-state index in [1.165, 1.54) is 36.0 Å². The van der Waals surface area contributed by atoms with Gasteiger partial charge in [0.25, 0.3) is 0 Å². The van der Waals surface area contributed by atoms with E-state index in [0.29, 0.717) is 0 Å². The lowest BCUT2D eigenvalue weighted by Gasteiger charge is -2.21. The van der Waals surface area contributed by atoms with E-state index in [-0.39, 0.29) is 0 Å². The maximum Gasteiger partial charge on any atom is 0.0702 e. The molecule has 1 N–H and O–H groups in total. The van der Waals surface area contributed by atoms with E-state index < -0.39 is 0 Å². The van der Waals surface area contributed by atoms with E-state index in [9.17, 15) is 0 Å². The van der Waals surface area contributed by atoms with E-state index >= 15 is 0 Å². The molecule has 1 fully saturated rings. The fourth-order valence-corrected chi connectivity index (χ4v) is 3.85. The molecule has 1 aromatic carbocycles. The highest BCUT2D eigenvalue weighted by Gasteiger charge is 2.12. The van der Waals surface area contributed by atoms with Gasteiger partial charge in [-0.25, -0.2) is 0 Å².